The summed E-state index contributed by atoms with van der Waals surface area (Å²) in [5.41, 5.74) is 1.78. The summed E-state index contributed by atoms with van der Waals surface area (Å²) < 4.78 is 13.3. The van der Waals surface area contributed by atoms with Gasteiger partial charge in [0.2, 0.25) is 5.91 Å². The van der Waals surface area contributed by atoms with E-state index in [0.29, 0.717) is 30.0 Å². The predicted molar refractivity (Wildman–Crippen MR) is 103 cm³/mol. The molecule has 2 amide bonds. The van der Waals surface area contributed by atoms with Crippen molar-refractivity contribution in [2.45, 2.75) is 19.0 Å². The number of nitrogens with one attached hydrogen (secondary N) is 1. The molecular formula is C21H18FN5O2. The number of nitrogens with zero attached hydrogens (tertiary/aromatic N) is 4. The molecule has 0 radical (unpaired) electrons. The number of carbonyl (C=O) groups is 2. The number of halogens is 1. The van der Waals surface area contributed by atoms with E-state index in [1.807, 2.05) is 6.07 Å². The molecule has 146 valence electrons. The Balaban J connectivity index is 1.37. The monoisotopic (exact) mass is 391 g/mol. The molecule has 4 rings (SSSR count). The number of likely N-dealkylation sites (tertiary alicyclic amines) is 1. The van der Waals surface area contributed by atoms with E-state index in [1.165, 1.54) is 24.5 Å². The first-order chi connectivity index (χ1) is 14.1. The maximum absolute atomic E-state index is 13.3. The van der Waals surface area contributed by atoms with Crippen LogP contribution in [-0.2, 0) is 11.3 Å². The van der Waals surface area contributed by atoms with Crippen LogP contribution in [0.1, 0.15) is 22.3 Å². The van der Waals surface area contributed by atoms with Crippen LogP contribution in [0.25, 0.3) is 11.4 Å². The molecule has 1 N–H and O–H groups in total. The van der Waals surface area contributed by atoms with Gasteiger partial charge in [-0.25, -0.2) is 14.4 Å². The van der Waals surface area contributed by atoms with Crippen molar-refractivity contribution in [3.05, 3.63) is 78.1 Å². The minimum absolute atomic E-state index is 0.0808. The van der Waals surface area contributed by atoms with Crippen molar-refractivity contribution in [3.63, 3.8) is 0 Å². The van der Waals surface area contributed by atoms with E-state index < -0.39 is 0 Å². The zero-order valence-electron chi connectivity index (χ0n) is 15.5. The Kier molecular flexibility index (Phi) is 5.24. The number of hydrogen-bond donors (Lipinski definition) is 1. The van der Waals surface area contributed by atoms with Gasteiger partial charge >= 0.3 is 0 Å². The smallest absolute Gasteiger partial charge is 0.254 e. The summed E-state index contributed by atoms with van der Waals surface area (Å²) in [4.78, 5) is 38.8. The first-order valence-electron chi connectivity index (χ1n) is 9.14. The predicted octanol–water partition coefficient (Wildman–Crippen LogP) is 2.21. The molecule has 1 aliphatic rings. The van der Waals surface area contributed by atoms with Crippen LogP contribution in [-0.4, -0.2) is 44.3 Å². The van der Waals surface area contributed by atoms with Crippen molar-refractivity contribution in [1.29, 1.82) is 0 Å². The third-order valence-corrected chi connectivity index (χ3v) is 4.65. The molecular weight excluding hydrogens is 373 g/mol. The number of carbonyl (C=O) groups excluding carboxylic acids is 2. The lowest BCUT2D eigenvalue weighted by Gasteiger charge is -2.17. The topological polar surface area (TPSA) is 88.1 Å². The van der Waals surface area contributed by atoms with Crippen molar-refractivity contribution < 1.29 is 14.0 Å². The van der Waals surface area contributed by atoms with Crippen molar-refractivity contribution in [3.8, 4) is 11.4 Å². The highest BCUT2D eigenvalue weighted by Crippen LogP contribution is 2.17. The summed E-state index contributed by atoms with van der Waals surface area (Å²) in [6, 6.07) is 9.44. The fourth-order valence-corrected chi connectivity index (χ4v) is 3.24. The van der Waals surface area contributed by atoms with Gasteiger partial charge < -0.3 is 10.2 Å². The van der Waals surface area contributed by atoms with Gasteiger partial charge in [-0.2, -0.15) is 0 Å². The number of pyridine rings is 1. The maximum atomic E-state index is 13.3. The van der Waals surface area contributed by atoms with Crippen molar-refractivity contribution >= 4 is 11.8 Å². The summed E-state index contributed by atoms with van der Waals surface area (Å²) in [5.74, 6) is -0.281. The van der Waals surface area contributed by atoms with Crippen LogP contribution in [0.3, 0.4) is 0 Å². The van der Waals surface area contributed by atoms with Gasteiger partial charge in [-0.1, -0.05) is 12.1 Å². The molecule has 8 heteroatoms. The molecule has 0 saturated carbocycles. The first kappa shape index (κ1) is 18.7. The normalized spacial score (nSPS) is 16.1. The van der Waals surface area contributed by atoms with Gasteiger partial charge in [-0.3, -0.25) is 14.6 Å². The standard InChI is InChI=1S/C21H18FN5O2/c22-17-5-1-3-14(7-17)12-27-13-18(8-19(27)28)26-21(29)16-10-24-20(25-11-16)15-4-2-6-23-9-15/h1-7,9-11,18H,8,12-13H2,(H,26,29)/t18-/m1/s1. The fraction of sp³-hybridized carbons (Fsp3) is 0.190. The number of aromatic nitrogens is 3. The Labute approximate surface area is 166 Å². The zero-order chi connectivity index (χ0) is 20.2. The molecule has 0 aliphatic carbocycles. The van der Waals surface area contributed by atoms with Crippen LogP contribution in [0, 0.1) is 5.82 Å². The van der Waals surface area contributed by atoms with E-state index in [2.05, 4.69) is 20.3 Å². The summed E-state index contributed by atoms with van der Waals surface area (Å²) in [7, 11) is 0. The van der Waals surface area contributed by atoms with Gasteiger partial charge in [0.25, 0.3) is 5.91 Å². The van der Waals surface area contributed by atoms with Gasteiger partial charge in [0.15, 0.2) is 5.82 Å². The van der Waals surface area contributed by atoms with Crippen LogP contribution in [0.15, 0.2) is 61.2 Å². The number of benzene rings is 1. The lowest BCUT2D eigenvalue weighted by molar-refractivity contribution is -0.128. The van der Waals surface area contributed by atoms with Gasteiger partial charge in [0.1, 0.15) is 5.82 Å². The van der Waals surface area contributed by atoms with Crippen LogP contribution in [0.2, 0.25) is 0 Å². The van der Waals surface area contributed by atoms with Crippen LogP contribution < -0.4 is 5.32 Å². The molecule has 1 atom stereocenters. The van der Waals surface area contributed by atoms with Gasteiger partial charge in [0, 0.05) is 49.9 Å². The Morgan fingerprint density at radius 2 is 2.00 bits per heavy atom. The van der Waals surface area contributed by atoms with E-state index in [1.54, 1.807) is 35.5 Å². The molecule has 1 saturated heterocycles. The SMILES string of the molecule is O=C(N[C@@H]1CC(=O)N(Cc2cccc(F)c2)C1)c1cnc(-c2cccnc2)nc1. The summed E-state index contributed by atoms with van der Waals surface area (Å²) >= 11 is 0. The Morgan fingerprint density at radius 1 is 1.17 bits per heavy atom. The van der Waals surface area contributed by atoms with Crippen LogP contribution >= 0.6 is 0 Å². The van der Waals surface area contributed by atoms with Crippen LogP contribution in [0.5, 0.6) is 0 Å². The molecule has 2 aromatic heterocycles. The van der Waals surface area contributed by atoms with Crippen LogP contribution in [0.4, 0.5) is 4.39 Å². The molecule has 3 heterocycles. The van der Waals surface area contributed by atoms with Gasteiger partial charge in [-0.15, -0.1) is 0 Å². The average Bonchev–Trinajstić information content (AvgIpc) is 3.07. The van der Waals surface area contributed by atoms with E-state index in [-0.39, 0.29) is 30.1 Å². The van der Waals surface area contributed by atoms with E-state index in [0.717, 1.165) is 5.56 Å². The molecule has 1 aromatic carbocycles. The number of hydrogen-bond acceptors (Lipinski definition) is 5. The second-order valence-corrected chi connectivity index (χ2v) is 6.82. The summed E-state index contributed by atoms with van der Waals surface area (Å²) in [6.07, 6.45) is 6.41. The fourth-order valence-electron chi connectivity index (χ4n) is 3.24. The lowest BCUT2D eigenvalue weighted by Crippen LogP contribution is -2.37. The molecule has 0 bridgehead atoms. The Hall–Kier alpha value is -3.68. The quantitative estimate of drug-likeness (QED) is 0.720. The minimum atomic E-state index is -0.340. The van der Waals surface area contributed by atoms with E-state index in [9.17, 15) is 14.0 Å². The molecule has 0 spiro atoms. The van der Waals surface area contributed by atoms with E-state index in [4.69, 9.17) is 0 Å². The van der Waals surface area contributed by atoms with Crippen molar-refractivity contribution in [2.24, 2.45) is 0 Å². The maximum Gasteiger partial charge on any atom is 0.254 e. The molecule has 1 fully saturated rings. The Morgan fingerprint density at radius 3 is 2.72 bits per heavy atom. The largest absolute Gasteiger partial charge is 0.347 e. The molecule has 3 aromatic rings. The molecule has 7 nitrogen and oxygen atoms in total. The lowest BCUT2D eigenvalue weighted by atomic mass is 10.2. The van der Waals surface area contributed by atoms with E-state index >= 15 is 0 Å². The van der Waals surface area contributed by atoms with Crippen molar-refractivity contribution in [1.82, 2.24) is 25.2 Å². The third kappa shape index (κ3) is 4.43. The van der Waals surface area contributed by atoms with Crippen molar-refractivity contribution in [2.75, 3.05) is 6.54 Å². The Bertz CT molecular complexity index is 1030. The molecule has 29 heavy (non-hydrogen) atoms. The first-order valence-corrected chi connectivity index (χ1v) is 9.14. The second kappa shape index (κ2) is 8.14. The average molecular weight is 391 g/mol. The highest BCUT2D eigenvalue weighted by atomic mass is 19.1. The second-order valence-electron chi connectivity index (χ2n) is 6.82. The third-order valence-electron chi connectivity index (χ3n) is 4.65. The summed E-state index contributed by atoms with van der Waals surface area (Å²) in [6.45, 7) is 0.682. The highest BCUT2D eigenvalue weighted by Gasteiger charge is 2.30. The van der Waals surface area contributed by atoms with Gasteiger partial charge in [0.05, 0.1) is 11.6 Å². The zero-order valence-corrected chi connectivity index (χ0v) is 15.5. The molecule has 1 aliphatic heterocycles. The van der Waals surface area contributed by atoms with Gasteiger partial charge in [-0.05, 0) is 29.8 Å². The molecule has 0 unspecified atom stereocenters. The number of amides is 2. The summed E-state index contributed by atoms with van der Waals surface area (Å²) in [5, 5.41) is 2.84. The minimum Gasteiger partial charge on any atom is -0.347 e. The highest BCUT2D eigenvalue weighted by molar-refractivity contribution is 5.94. The number of rotatable bonds is 5.